The van der Waals surface area contributed by atoms with E-state index in [1.807, 2.05) is 0 Å². The lowest BCUT2D eigenvalue weighted by Crippen LogP contribution is -2.41. The van der Waals surface area contributed by atoms with Crippen LogP contribution in [0.1, 0.15) is 46.5 Å². The Balaban J connectivity index is 2.29. The molecule has 1 saturated carbocycles. The Hall–Kier alpha value is -0.120. The standard InChI is InChI=1S/C14H30N2O/c1-4-14(5-2)16(8-9-17)11-12(3)10-15-13-6-7-13/h12-15,17H,4-11H2,1-3H3. The van der Waals surface area contributed by atoms with Crippen molar-refractivity contribution in [3.8, 4) is 0 Å². The van der Waals surface area contributed by atoms with Gasteiger partial charge in [0.15, 0.2) is 0 Å². The minimum absolute atomic E-state index is 0.277. The van der Waals surface area contributed by atoms with Gasteiger partial charge in [-0.1, -0.05) is 20.8 Å². The van der Waals surface area contributed by atoms with Crippen LogP contribution in [0.25, 0.3) is 0 Å². The molecule has 0 amide bonds. The topological polar surface area (TPSA) is 35.5 Å². The van der Waals surface area contributed by atoms with E-state index in [9.17, 15) is 0 Å². The summed E-state index contributed by atoms with van der Waals surface area (Å²) in [6, 6.07) is 1.43. The molecule has 1 atom stereocenters. The van der Waals surface area contributed by atoms with Gasteiger partial charge in [0.1, 0.15) is 0 Å². The Bertz CT molecular complexity index is 191. The number of nitrogens with one attached hydrogen (secondary N) is 1. The number of hydrogen-bond donors (Lipinski definition) is 2. The fourth-order valence-electron chi connectivity index (χ4n) is 2.48. The van der Waals surface area contributed by atoms with E-state index in [-0.39, 0.29) is 6.61 Å². The van der Waals surface area contributed by atoms with Gasteiger partial charge in [-0.2, -0.15) is 0 Å². The molecular weight excluding hydrogens is 212 g/mol. The third-order valence-corrected chi connectivity index (χ3v) is 3.72. The second-order valence-electron chi connectivity index (χ2n) is 5.48. The number of hydrogen-bond acceptors (Lipinski definition) is 3. The Morgan fingerprint density at radius 2 is 1.94 bits per heavy atom. The molecule has 1 aliphatic rings. The van der Waals surface area contributed by atoms with Crippen molar-refractivity contribution in [2.75, 3.05) is 26.2 Å². The minimum atomic E-state index is 0.277. The molecule has 1 aliphatic carbocycles. The highest BCUT2D eigenvalue weighted by atomic mass is 16.3. The summed E-state index contributed by atoms with van der Waals surface area (Å²) in [4.78, 5) is 2.46. The van der Waals surface area contributed by atoms with Crippen molar-refractivity contribution >= 4 is 0 Å². The van der Waals surface area contributed by atoms with Crippen LogP contribution in [0.15, 0.2) is 0 Å². The molecule has 0 bridgehead atoms. The van der Waals surface area contributed by atoms with E-state index < -0.39 is 0 Å². The van der Waals surface area contributed by atoms with Crippen molar-refractivity contribution in [3.05, 3.63) is 0 Å². The molecule has 0 spiro atoms. The molecule has 1 fully saturated rings. The average Bonchev–Trinajstić information content (AvgIpc) is 3.12. The summed E-state index contributed by atoms with van der Waals surface area (Å²) in [5, 5.41) is 12.7. The molecule has 1 unspecified atom stereocenters. The first-order valence-corrected chi connectivity index (χ1v) is 7.29. The maximum atomic E-state index is 9.16. The summed E-state index contributed by atoms with van der Waals surface area (Å²) in [5.41, 5.74) is 0. The zero-order valence-electron chi connectivity index (χ0n) is 11.8. The van der Waals surface area contributed by atoms with Crippen molar-refractivity contribution in [2.45, 2.75) is 58.5 Å². The van der Waals surface area contributed by atoms with Crippen molar-refractivity contribution in [1.82, 2.24) is 10.2 Å². The maximum Gasteiger partial charge on any atom is 0.0558 e. The first kappa shape index (κ1) is 14.9. The lowest BCUT2D eigenvalue weighted by molar-refractivity contribution is 0.126. The van der Waals surface area contributed by atoms with E-state index in [0.29, 0.717) is 12.0 Å². The van der Waals surface area contributed by atoms with Crippen LogP contribution in [0.4, 0.5) is 0 Å². The summed E-state index contributed by atoms with van der Waals surface area (Å²) in [6.07, 6.45) is 5.08. The molecule has 3 heteroatoms. The van der Waals surface area contributed by atoms with Crippen molar-refractivity contribution < 1.29 is 5.11 Å². The molecular formula is C14H30N2O. The molecule has 102 valence electrons. The Labute approximate surface area is 107 Å². The van der Waals surface area contributed by atoms with E-state index in [1.54, 1.807) is 0 Å². The molecule has 0 aromatic carbocycles. The van der Waals surface area contributed by atoms with Gasteiger partial charge >= 0.3 is 0 Å². The minimum Gasteiger partial charge on any atom is -0.395 e. The van der Waals surface area contributed by atoms with Crippen molar-refractivity contribution in [2.24, 2.45) is 5.92 Å². The molecule has 0 heterocycles. The van der Waals surface area contributed by atoms with E-state index in [0.717, 1.165) is 25.7 Å². The highest BCUT2D eigenvalue weighted by molar-refractivity contribution is 4.82. The molecule has 0 aliphatic heterocycles. The van der Waals surface area contributed by atoms with Gasteiger partial charge in [0.25, 0.3) is 0 Å². The summed E-state index contributed by atoms with van der Waals surface area (Å²) < 4.78 is 0. The van der Waals surface area contributed by atoms with Gasteiger partial charge in [-0.3, -0.25) is 4.90 Å². The maximum absolute atomic E-state index is 9.16. The van der Waals surface area contributed by atoms with E-state index in [4.69, 9.17) is 5.11 Å². The summed E-state index contributed by atoms with van der Waals surface area (Å²) in [5.74, 6) is 0.669. The van der Waals surface area contributed by atoms with Gasteiger partial charge in [-0.05, 0) is 38.1 Å². The molecule has 17 heavy (non-hydrogen) atoms. The largest absolute Gasteiger partial charge is 0.395 e. The Morgan fingerprint density at radius 3 is 2.41 bits per heavy atom. The number of rotatable bonds is 10. The Kier molecular flexibility index (Phi) is 7.09. The highest BCUT2D eigenvalue weighted by Gasteiger charge is 2.22. The van der Waals surface area contributed by atoms with Crippen LogP contribution < -0.4 is 5.32 Å². The molecule has 3 nitrogen and oxygen atoms in total. The van der Waals surface area contributed by atoms with Crippen LogP contribution in [-0.4, -0.2) is 48.3 Å². The molecule has 0 aromatic rings. The fraction of sp³-hybridized carbons (Fsp3) is 1.00. The number of nitrogens with zero attached hydrogens (tertiary/aromatic N) is 1. The fourth-order valence-corrected chi connectivity index (χ4v) is 2.48. The predicted octanol–water partition coefficient (Wildman–Crippen LogP) is 1.86. The molecule has 0 saturated heterocycles. The van der Waals surface area contributed by atoms with Crippen LogP contribution in [0.2, 0.25) is 0 Å². The van der Waals surface area contributed by atoms with Crippen molar-refractivity contribution in [1.29, 1.82) is 0 Å². The molecule has 0 radical (unpaired) electrons. The predicted molar refractivity (Wildman–Crippen MR) is 73.2 cm³/mol. The summed E-state index contributed by atoms with van der Waals surface area (Å²) in [7, 11) is 0. The third-order valence-electron chi connectivity index (χ3n) is 3.72. The highest BCUT2D eigenvalue weighted by Crippen LogP contribution is 2.19. The van der Waals surface area contributed by atoms with Crippen LogP contribution in [0.5, 0.6) is 0 Å². The summed E-state index contributed by atoms with van der Waals surface area (Å²) in [6.45, 7) is 10.1. The smallest absolute Gasteiger partial charge is 0.0558 e. The van der Waals surface area contributed by atoms with Crippen LogP contribution in [0.3, 0.4) is 0 Å². The van der Waals surface area contributed by atoms with E-state index >= 15 is 0 Å². The lowest BCUT2D eigenvalue weighted by atomic mass is 10.1. The zero-order chi connectivity index (χ0) is 12.7. The second kappa shape index (κ2) is 8.06. The quantitative estimate of drug-likeness (QED) is 0.614. The van der Waals surface area contributed by atoms with Gasteiger partial charge in [0, 0.05) is 25.2 Å². The van der Waals surface area contributed by atoms with Crippen LogP contribution in [0, 0.1) is 5.92 Å². The van der Waals surface area contributed by atoms with Crippen molar-refractivity contribution in [3.63, 3.8) is 0 Å². The zero-order valence-corrected chi connectivity index (χ0v) is 11.8. The van der Waals surface area contributed by atoms with Crippen LogP contribution >= 0.6 is 0 Å². The van der Waals surface area contributed by atoms with E-state index in [1.165, 1.54) is 25.7 Å². The van der Waals surface area contributed by atoms with E-state index in [2.05, 4.69) is 31.0 Å². The first-order chi connectivity index (χ1) is 8.21. The monoisotopic (exact) mass is 242 g/mol. The van der Waals surface area contributed by atoms with Crippen LogP contribution in [-0.2, 0) is 0 Å². The molecule has 0 aromatic heterocycles. The third kappa shape index (κ3) is 5.84. The lowest BCUT2D eigenvalue weighted by Gasteiger charge is -2.32. The Morgan fingerprint density at radius 1 is 1.29 bits per heavy atom. The van der Waals surface area contributed by atoms with Gasteiger partial charge in [0.2, 0.25) is 0 Å². The average molecular weight is 242 g/mol. The number of aliphatic hydroxyl groups excluding tert-OH is 1. The van der Waals surface area contributed by atoms with Gasteiger partial charge in [-0.15, -0.1) is 0 Å². The second-order valence-corrected chi connectivity index (χ2v) is 5.48. The van der Waals surface area contributed by atoms with Gasteiger partial charge in [-0.25, -0.2) is 0 Å². The van der Waals surface area contributed by atoms with Gasteiger partial charge in [0.05, 0.1) is 6.61 Å². The molecule has 2 N–H and O–H groups in total. The summed E-state index contributed by atoms with van der Waals surface area (Å²) >= 11 is 0. The number of aliphatic hydroxyl groups is 1. The first-order valence-electron chi connectivity index (χ1n) is 7.29. The SMILES string of the molecule is CCC(CC)N(CCO)CC(C)CNC1CC1. The normalized spacial score (nSPS) is 18.0. The molecule has 1 rings (SSSR count). The van der Waals surface area contributed by atoms with Gasteiger partial charge < -0.3 is 10.4 Å².